The number of ketones is 1. The average Bonchev–Trinajstić information content (AvgIpc) is 2.47. The van der Waals surface area contributed by atoms with Crippen molar-refractivity contribution in [1.82, 2.24) is 0 Å². The van der Waals surface area contributed by atoms with Crippen molar-refractivity contribution >= 4 is 27.5 Å². The highest BCUT2D eigenvalue weighted by atomic mass is 79.9. The van der Waals surface area contributed by atoms with Gasteiger partial charge >= 0.3 is 0 Å². The maximum atomic E-state index is 12.1. The first-order valence-electron chi connectivity index (χ1n) is 5.44. The van der Waals surface area contributed by atoms with Gasteiger partial charge in [-0.1, -0.05) is 60.7 Å². The molecular weight excluding hydrogens is 292 g/mol. The van der Waals surface area contributed by atoms with Crippen molar-refractivity contribution in [3.63, 3.8) is 0 Å². The Morgan fingerprint density at radius 2 is 1.28 bits per heavy atom. The van der Waals surface area contributed by atoms with Crippen LogP contribution in [0.2, 0.25) is 0 Å². The fourth-order valence-electron chi connectivity index (χ4n) is 1.55. The molecule has 2 nitrogen and oxygen atoms in total. The number of rotatable bonds is 3. The van der Waals surface area contributed by atoms with E-state index >= 15 is 0 Å². The number of carbonyl (C=O) groups excluding carboxylic acids is 1. The number of aliphatic hydroxyl groups is 1. The van der Waals surface area contributed by atoms with Gasteiger partial charge in [0.2, 0.25) is 5.78 Å². The molecule has 0 atom stereocenters. The molecule has 0 unspecified atom stereocenters. The Labute approximate surface area is 114 Å². The Bertz CT molecular complexity index is 574. The van der Waals surface area contributed by atoms with Crippen LogP contribution in [0.5, 0.6) is 0 Å². The molecule has 0 saturated heterocycles. The first kappa shape index (κ1) is 12.6. The van der Waals surface area contributed by atoms with E-state index < -0.39 is 0 Å². The van der Waals surface area contributed by atoms with Crippen molar-refractivity contribution in [2.24, 2.45) is 0 Å². The normalized spacial score (nSPS) is 11.8. The lowest BCUT2D eigenvalue weighted by atomic mass is 10.1. The van der Waals surface area contributed by atoms with Crippen LogP contribution in [-0.4, -0.2) is 10.9 Å². The van der Waals surface area contributed by atoms with Gasteiger partial charge in [0.15, 0.2) is 0 Å². The molecule has 90 valence electrons. The van der Waals surface area contributed by atoms with Crippen LogP contribution < -0.4 is 0 Å². The number of Topliss-reactive ketones (excluding diaryl/α,β-unsaturated/α-hetero) is 1. The number of allylic oxidation sites excluding steroid dienone is 1. The van der Waals surface area contributed by atoms with Crippen LogP contribution in [0.25, 0.3) is 5.76 Å². The predicted molar refractivity (Wildman–Crippen MR) is 75.7 cm³/mol. The number of aliphatic hydroxyl groups excluding tert-OH is 1. The topological polar surface area (TPSA) is 37.3 Å². The highest BCUT2D eigenvalue weighted by Crippen LogP contribution is 2.23. The highest BCUT2D eigenvalue weighted by molar-refractivity contribution is 9.12. The Morgan fingerprint density at radius 1 is 0.833 bits per heavy atom. The van der Waals surface area contributed by atoms with E-state index in [-0.39, 0.29) is 16.0 Å². The van der Waals surface area contributed by atoms with Gasteiger partial charge in [-0.05, 0) is 15.9 Å². The van der Waals surface area contributed by atoms with Crippen LogP contribution in [0.4, 0.5) is 0 Å². The minimum Gasteiger partial charge on any atom is -0.506 e. The largest absolute Gasteiger partial charge is 0.506 e. The smallest absolute Gasteiger partial charge is 0.203 e. The SMILES string of the molecule is O=C(/C(Br)=C(/O)c1ccccc1)c1ccccc1. The molecule has 2 rings (SSSR count). The number of halogens is 1. The zero-order valence-electron chi connectivity index (χ0n) is 9.51. The van der Waals surface area contributed by atoms with Crippen molar-refractivity contribution < 1.29 is 9.90 Å². The fourth-order valence-corrected chi connectivity index (χ4v) is 2.00. The number of carbonyl (C=O) groups is 1. The van der Waals surface area contributed by atoms with Gasteiger partial charge in [-0.15, -0.1) is 0 Å². The summed E-state index contributed by atoms with van der Waals surface area (Å²) in [7, 11) is 0. The van der Waals surface area contributed by atoms with E-state index in [4.69, 9.17) is 0 Å². The molecule has 1 N–H and O–H groups in total. The van der Waals surface area contributed by atoms with E-state index in [0.29, 0.717) is 11.1 Å². The van der Waals surface area contributed by atoms with E-state index in [1.54, 1.807) is 48.5 Å². The van der Waals surface area contributed by atoms with Gasteiger partial charge in [0, 0.05) is 11.1 Å². The second-order valence-electron chi connectivity index (χ2n) is 3.72. The predicted octanol–water partition coefficient (Wildman–Crippen LogP) is 4.19. The van der Waals surface area contributed by atoms with Crippen molar-refractivity contribution in [3.05, 3.63) is 76.3 Å². The molecule has 2 aromatic rings. The summed E-state index contributed by atoms with van der Waals surface area (Å²) in [5.41, 5.74) is 1.14. The lowest BCUT2D eigenvalue weighted by molar-refractivity contribution is 0.104. The number of hydrogen-bond donors (Lipinski definition) is 1. The Balaban J connectivity index is 2.37. The molecule has 0 bridgehead atoms. The molecular formula is C15H11BrO2. The highest BCUT2D eigenvalue weighted by Gasteiger charge is 2.15. The summed E-state index contributed by atoms with van der Waals surface area (Å²) in [4.78, 5) is 12.1. The molecule has 2 aromatic carbocycles. The Hall–Kier alpha value is -1.87. The van der Waals surface area contributed by atoms with Crippen LogP contribution in [0, 0.1) is 0 Å². The summed E-state index contributed by atoms with van der Waals surface area (Å²) in [6.45, 7) is 0. The van der Waals surface area contributed by atoms with E-state index in [1.165, 1.54) is 0 Å². The molecule has 0 aliphatic rings. The van der Waals surface area contributed by atoms with Gasteiger partial charge in [0.1, 0.15) is 10.2 Å². The molecule has 0 amide bonds. The minimum atomic E-state index is -0.239. The molecule has 0 spiro atoms. The van der Waals surface area contributed by atoms with Crippen LogP contribution in [0.3, 0.4) is 0 Å². The third-order valence-electron chi connectivity index (χ3n) is 2.49. The summed E-state index contributed by atoms with van der Waals surface area (Å²) in [6.07, 6.45) is 0. The average molecular weight is 303 g/mol. The first-order chi connectivity index (χ1) is 8.70. The fraction of sp³-hybridized carbons (Fsp3) is 0. The van der Waals surface area contributed by atoms with Crippen LogP contribution >= 0.6 is 15.9 Å². The van der Waals surface area contributed by atoms with Crippen molar-refractivity contribution in [1.29, 1.82) is 0 Å². The molecule has 3 heteroatoms. The van der Waals surface area contributed by atoms with E-state index in [0.717, 1.165) is 0 Å². The van der Waals surface area contributed by atoms with Gasteiger partial charge in [-0.2, -0.15) is 0 Å². The van der Waals surface area contributed by atoms with Crippen LogP contribution in [0.1, 0.15) is 15.9 Å². The lowest BCUT2D eigenvalue weighted by Gasteiger charge is -2.04. The Kier molecular flexibility index (Phi) is 3.95. The van der Waals surface area contributed by atoms with Crippen molar-refractivity contribution in [3.8, 4) is 0 Å². The van der Waals surface area contributed by atoms with Gasteiger partial charge in [-0.25, -0.2) is 0 Å². The molecule has 0 saturated carbocycles. The second kappa shape index (κ2) is 5.65. The standard InChI is InChI=1S/C15H11BrO2/c16-13(14(17)11-7-3-1-4-8-11)15(18)12-9-5-2-6-10-12/h1-10,17H/b14-13-. The zero-order valence-corrected chi connectivity index (χ0v) is 11.1. The summed E-state index contributed by atoms with van der Waals surface area (Å²) in [5.74, 6) is -0.290. The summed E-state index contributed by atoms with van der Waals surface area (Å²) in [6, 6.07) is 17.8. The van der Waals surface area contributed by atoms with E-state index in [9.17, 15) is 9.90 Å². The Morgan fingerprint density at radius 3 is 1.78 bits per heavy atom. The zero-order chi connectivity index (χ0) is 13.0. The quantitative estimate of drug-likeness (QED) is 0.524. The molecule has 0 fully saturated rings. The lowest BCUT2D eigenvalue weighted by Crippen LogP contribution is -2.01. The molecule has 0 aromatic heterocycles. The van der Waals surface area contributed by atoms with E-state index in [1.807, 2.05) is 12.1 Å². The maximum absolute atomic E-state index is 12.1. The first-order valence-corrected chi connectivity index (χ1v) is 6.23. The van der Waals surface area contributed by atoms with E-state index in [2.05, 4.69) is 15.9 Å². The monoisotopic (exact) mass is 302 g/mol. The number of hydrogen-bond acceptors (Lipinski definition) is 2. The van der Waals surface area contributed by atoms with Crippen LogP contribution in [0.15, 0.2) is 65.1 Å². The molecule has 0 heterocycles. The third-order valence-corrected chi connectivity index (χ3v) is 3.23. The number of benzene rings is 2. The summed E-state index contributed by atoms with van der Waals surface area (Å²) >= 11 is 3.16. The maximum Gasteiger partial charge on any atom is 0.203 e. The van der Waals surface area contributed by atoms with Crippen LogP contribution in [-0.2, 0) is 0 Å². The van der Waals surface area contributed by atoms with Gasteiger partial charge in [0.25, 0.3) is 0 Å². The second-order valence-corrected chi connectivity index (χ2v) is 4.52. The van der Waals surface area contributed by atoms with Gasteiger partial charge < -0.3 is 5.11 Å². The molecule has 0 aliphatic carbocycles. The summed E-state index contributed by atoms with van der Waals surface area (Å²) in [5, 5.41) is 10.0. The van der Waals surface area contributed by atoms with Crippen molar-refractivity contribution in [2.75, 3.05) is 0 Å². The third kappa shape index (κ3) is 2.68. The van der Waals surface area contributed by atoms with Crippen molar-refractivity contribution in [2.45, 2.75) is 0 Å². The summed E-state index contributed by atoms with van der Waals surface area (Å²) < 4.78 is 0.167. The minimum absolute atomic E-state index is 0.0514. The molecule has 0 aliphatic heterocycles. The molecule has 0 radical (unpaired) electrons. The van der Waals surface area contributed by atoms with Gasteiger partial charge in [-0.3, -0.25) is 4.79 Å². The molecule has 18 heavy (non-hydrogen) atoms. The van der Waals surface area contributed by atoms with Gasteiger partial charge in [0.05, 0.1) is 0 Å².